The van der Waals surface area contributed by atoms with Crippen molar-refractivity contribution in [3.63, 3.8) is 0 Å². The Morgan fingerprint density at radius 1 is 1.29 bits per heavy atom. The van der Waals surface area contributed by atoms with E-state index < -0.39 is 11.6 Å². The molecule has 21 heavy (non-hydrogen) atoms. The normalized spacial score (nSPS) is 13.2. The molecule has 1 aromatic heterocycles. The Hall–Kier alpha value is -2.15. The predicted molar refractivity (Wildman–Crippen MR) is 79.7 cm³/mol. The number of pyridine rings is 1. The second-order valence-electron chi connectivity index (χ2n) is 4.33. The molecule has 1 aliphatic heterocycles. The minimum absolute atomic E-state index is 0.412. The zero-order valence-corrected chi connectivity index (χ0v) is 12.0. The molecule has 0 fully saturated rings. The van der Waals surface area contributed by atoms with Crippen molar-refractivity contribution in [1.82, 2.24) is 9.71 Å². The fourth-order valence-corrected chi connectivity index (χ4v) is 2.74. The summed E-state index contributed by atoms with van der Waals surface area (Å²) in [7, 11) is 0. The molecule has 0 atom stereocenters. The highest BCUT2D eigenvalue weighted by molar-refractivity contribution is 7.98. The van der Waals surface area contributed by atoms with Crippen LogP contribution in [0.2, 0.25) is 0 Å². The van der Waals surface area contributed by atoms with Gasteiger partial charge in [0.25, 0.3) is 0 Å². The van der Waals surface area contributed by atoms with E-state index in [-0.39, 0.29) is 0 Å². The van der Waals surface area contributed by atoms with E-state index in [1.807, 2.05) is 24.0 Å². The van der Waals surface area contributed by atoms with Crippen LogP contribution in [0.5, 0.6) is 0 Å². The number of aliphatic imine (C=N–C) groups is 1. The van der Waals surface area contributed by atoms with Gasteiger partial charge in [0.05, 0.1) is 22.5 Å². The van der Waals surface area contributed by atoms with Gasteiger partial charge >= 0.3 is 0 Å². The minimum atomic E-state index is -0.899. The molecule has 3 rings (SSSR count). The predicted octanol–water partition coefficient (Wildman–Crippen LogP) is 3.48. The summed E-state index contributed by atoms with van der Waals surface area (Å²) in [5.41, 5.74) is 1.29. The molecule has 1 N–H and O–H groups in total. The molecule has 0 saturated heterocycles. The molecule has 2 heterocycles. The van der Waals surface area contributed by atoms with Crippen LogP contribution in [-0.2, 0) is 0 Å². The average molecular weight is 306 g/mol. The van der Waals surface area contributed by atoms with Gasteiger partial charge in [-0.15, -0.1) is 0 Å². The average Bonchev–Trinajstić information content (AvgIpc) is 2.50. The third-order valence-electron chi connectivity index (χ3n) is 3.01. The van der Waals surface area contributed by atoms with E-state index in [2.05, 4.69) is 14.7 Å². The van der Waals surface area contributed by atoms with Crippen LogP contribution in [0.4, 0.5) is 20.2 Å². The first kappa shape index (κ1) is 13.8. The third kappa shape index (κ3) is 2.69. The number of nitrogens with zero attached hydrogens (tertiary/aromatic N) is 3. The SMILES string of the molecule is CCN(C1=Nc2cc(F)c(F)cc2SN1)c1cccnc1. The van der Waals surface area contributed by atoms with Crippen LogP contribution in [0, 0.1) is 11.6 Å². The number of nitrogens with one attached hydrogen (secondary N) is 1. The van der Waals surface area contributed by atoms with Gasteiger partial charge in [0.2, 0.25) is 5.96 Å². The van der Waals surface area contributed by atoms with Crippen molar-refractivity contribution in [2.75, 3.05) is 11.4 Å². The van der Waals surface area contributed by atoms with Crippen molar-refractivity contribution in [3.8, 4) is 0 Å². The van der Waals surface area contributed by atoms with Crippen molar-refractivity contribution in [2.24, 2.45) is 4.99 Å². The second-order valence-corrected chi connectivity index (χ2v) is 5.18. The number of rotatable bonds is 2. The number of benzene rings is 1. The molecule has 2 aromatic rings. The van der Waals surface area contributed by atoms with E-state index in [0.29, 0.717) is 23.1 Å². The Kier molecular flexibility index (Phi) is 3.74. The lowest BCUT2D eigenvalue weighted by Gasteiger charge is -2.27. The molecule has 0 aliphatic carbocycles. The van der Waals surface area contributed by atoms with Crippen molar-refractivity contribution in [3.05, 3.63) is 48.3 Å². The maximum Gasteiger partial charge on any atom is 0.214 e. The molecule has 0 amide bonds. The zero-order valence-electron chi connectivity index (χ0n) is 11.2. The molecular weight excluding hydrogens is 294 g/mol. The van der Waals surface area contributed by atoms with Crippen LogP contribution in [0.1, 0.15) is 6.92 Å². The lowest BCUT2D eigenvalue weighted by molar-refractivity contribution is 0.506. The molecular formula is C14H12F2N4S. The molecule has 0 saturated carbocycles. The summed E-state index contributed by atoms with van der Waals surface area (Å²) in [6, 6.07) is 5.99. The van der Waals surface area contributed by atoms with Crippen molar-refractivity contribution < 1.29 is 8.78 Å². The van der Waals surface area contributed by atoms with Crippen LogP contribution >= 0.6 is 11.9 Å². The monoisotopic (exact) mass is 306 g/mol. The lowest BCUT2D eigenvalue weighted by Crippen LogP contribution is -2.39. The van der Waals surface area contributed by atoms with Crippen LogP contribution in [0.3, 0.4) is 0 Å². The standard InChI is InChI=1S/C14H12F2N4S/c1-2-20(9-4-3-5-17-8-9)14-18-12-6-10(15)11(16)7-13(12)21-19-14/h3-8H,2H2,1H3,(H,18,19). The summed E-state index contributed by atoms with van der Waals surface area (Å²) in [6.07, 6.45) is 3.41. The van der Waals surface area contributed by atoms with Gasteiger partial charge in [0.1, 0.15) is 0 Å². The number of fused-ring (bicyclic) bond motifs is 1. The van der Waals surface area contributed by atoms with Gasteiger partial charge in [0, 0.05) is 18.8 Å². The number of hydrogen-bond acceptors (Lipinski definition) is 5. The maximum absolute atomic E-state index is 13.3. The smallest absolute Gasteiger partial charge is 0.214 e. The van der Waals surface area contributed by atoms with Gasteiger partial charge in [-0.1, -0.05) is 0 Å². The number of guanidine groups is 1. The van der Waals surface area contributed by atoms with E-state index >= 15 is 0 Å². The van der Waals surface area contributed by atoms with Gasteiger partial charge in [-0.2, -0.15) is 0 Å². The second kappa shape index (κ2) is 5.69. The molecule has 4 nitrogen and oxygen atoms in total. The number of hydrogen-bond donors (Lipinski definition) is 1. The largest absolute Gasteiger partial charge is 0.310 e. The van der Waals surface area contributed by atoms with E-state index in [0.717, 1.165) is 17.8 Å². The first-order valence-corrected chi connectivity index (χ1v) is 7.19. The summed E-state index contributed by atoms with van der Waals surface area (Å²) in [5.74, 6) is -1.21. The van der Waals surface area contributed by atoms with Gasteiger partial charge in [-0.05, 0) is 37.1 Å². The summed E-state index contributed by atoms with van der Waals surface area (Å²) in [4.78, 5) is 10.9. The molecule has 1 aliphatic rings. The topological polar surface area (TPSA) is 40.5 Å². The molecule has 108 valence electrons. The molecule has 7 heteroatoms. The van der Waals surface area contributed by atoms with E-state index in [9.17, 15) is 8.78 Å². The van der Waals surface area contributed by atoms with Crippen LogP contribution in [0.15, 0.2) is 46.5 Å². The Labute approximate surface area is 125 Å². The van der Waals surface area contributed by atoms with Gasteiger partial charge in [-0.3, -0.25) is 9.71 Å². The first-order valence-electron chi connectivity index (χ1n) is 6.37. The zero-order chi connectivity index (χ0) is 14.8. The highest BCUT2D eigenvalue weighted by Gasteiger charge is 2.20. The Bertz CT molecular complexity index is 691. The molecule has 0 radical (unpaired) electrons. The Morgan fingerprint density at radius 2 is 2.10 bits per heavy atom. The fraction of sp³-hybridized carbons (Fsp3) is 0.143. The highest BCUT2D eigenvalue weighted by Crippen LogP contribution is 2.34. The van der Waals surface area contributed by atoms with Crippen LogP contribution < -0.4 is 9.62 Å². The van der Waals surface area contributed by atoms with Crippen LogP contribution in [-0.4, -0.2) is 17.5 Å². The summed E-state index contributed by atoms with van der Waals surface area (Å²) < 4.78 is 29.6. The number of anilines is 1. The molecule has 0 bridgehead atoms. The van der Waals surface area contributed by atoms with Gasteiger partial charge in [0.15, 0.2) is 11.6 Å². The first-order chi connectivity index (χ1) is 10.2. The van der Waals surface area contributed by atoms with Crippen molar-refractivity contribution >= 4 is 29.3 Å². The summed E-state index contributed by atoms with van der Waals surface area (Å²) in [6.45, 7) is 2.64. The van der Waals surface area contributed by atoms with Crippen LogP contribution in [0.25, 0.3) is 0 Å². The fourth-order valence-electron chi connectivity index (χ4n) is 2.01. The van der Waals surface area contributed by atoms with E-state index in [1.54, 1.807) is 12.4 Å². The highest BCUT2D eigenvalue weighted by atomic mass is 32.2. The Balaban J connectivity index is 1.99. The van der Waals surface area contributed by atoms with Crippen molar-refractivity contribution in [2.45, 2.75) is 11.8 Å². The van der Waals surface area contributed by atoms with Crippen molar-refractivity contribution in [1.29, 1.82) is 0 Å². The minimum Gasteiger partial charge on any atom is -0.310 e. The summed E-state index contributed by atoms with van der Waals surface area (Å²) >= 11 is 1.21. The number of halogens is 2. The van der Waals surface area contributed by atoms with E-state index in [1.165, 1.54) is 11.9 Å². The van der Waals surface area contributed by atoms with Gasteiger partial charge in [-0.25, -0.2) is 13.8 Å². The molecule has 0 unspecified atom stereocenters. The summed E-state index contributed by atoms with van der Waals surface area (Å²) in [5, 5.41) is 0. The quantitative estimate of drug-likeness (QED) is 0.862. The van der Waals surface area contributed by atoms with E-state index in [4.69, 9.17) is 0 Å². The molecule has 1 aromatic carbocycles. The maximum atomic E-state index is 13.3. The molecule has 0 spiro atoms. The third-order valence-corrected chi connectivity index (χ3v) is 3.84. The lowest BCUT2D eigenvalue weighted by atomic mass is 10.3. The Morgan fingerprint density at radius 3 is 2.81 bits per heavy atom. The van der Waals surface area contributed by atoms with Gasteiger partial charge < -0.3 is 4.90 Å². The number of aromatic nitrogens is 1.